The van der Waals surface area contributed by atoms with Crippen molar-refractivity contribution in [1.29, 1.82) is 0 Å². The maximum Gasteiger partial charge on any atom is 0.0773 e. The molecule has 2 heteroatoms. The molecule has 148 valence electrons. The molecule has 0 amide bonds. The minimum Gasteiger partial charge on any atom is -0.250 e. The number of allylic oxidation sites excluding steroid dienone is 4. The number of nitrogens with zero attached hydrogens (tertiary/aromatic N) is 1. The Hall–Kier alpha value is -2.84. The summed E-state index contributed by atoms with van der Waals surface area (Å²) in [5.74, 6) is 0.553. The Balaban J connectivity index is 1.74. The highest BCUT2D eigenvalue weighted by Gasteiger charge is 2.48. The van der Waals surface area contributed by atoms with Gasteiger partial charge in [-0.2, -0.15) is 0 Å². The Morgan fingerprint density at radius 3 is 1.93 bits per heavy atom. The zero-order valence-electron chi connectivity index (χ0n) is 17.3. The number of para-hydroxylation sites is 1. The van der Waals surface area contributed by atoms with Crippen LogP contribution in [0.4, 0.5) is 5.69 Å². The zero-order valence-corrected chi connectivity index (χ0v) is 18.1. The second-order valence-electron chi connectivity index (χ2n) is 8.12. The molecule has 0 spiro atoms. The van der Waals surface area contributed by atoms with Crippen molar-refractivity contribution in [2.45, 2.75) is 30.6 Å². The lowest BCUT2D eigenvalue weighted by Crippen LogP contribution is -2.41. The largest absolute Gasteiger partial charge is 0.250 e. The third kappa shape index (κ3) is 3.07. The Morgan fingerprint density at radius 1 is 0.733 bits per heavy atom. The third-order valence-corrected chi connectivity index (χ3v) is 7.73. The number of aliphatic imine (C=N–C) groups is 1. The van der Waals surface area contributed by atoms with Crippen LogP contribution in [0.5, 0.6) is 0 Å². The standard InChI is InChI=1S/C28H25NS/c1-20(22-12-5-3-6-13-22)28(21(2)23-14-7-4-8-15-23)19-11-18-26-27(28)29-24-16-9-10-17-25(24)30-26/h3-21H,1-2H3. The molecule has 2 atom stereocenters. The highest BCUT2D eigenvalue weighted by atomic mass is 32.2. The van der Waals surface area contributed by atoms with Gasteiger partial charge in [0.1, 0.15) is 0 Å². The second kappa shape index (κ2) is 7.77. The van der Waals surface area contributed by atoms with Crippen LogP contribution in [0.25, 0.3) is 0 Å². The fourth-order valence-corrected chi connectivity index (χ4v) is 5.95. The van der Waals surface area contributed by atoms with Crippen LogP contribution in [-0.4, -0.2) is 5.71 Å². The van der Waals surface area contributed by atoms with Crippen molar-refractivity contribution in [3.63, 3.8) is 0 Å². The molecule has 0 radical (unpaired) electrons. The van der Waals surface area contributed by atoms with Crippen LogP contribution in [0.1, 0.15) is 36.8 Å². The molecule has 0 fully saturated rings. The van der Waals surface area contributed by atoms with E-state index in [9.17, 15) is 0 Å². The van der Waals surface area contributed by atoms with Crippen molar-refractivity contribution in [2.75, 3.05) is 0 Å². The van der Waals surface area contributed by atoms with Crippen molar-refractivity contribution in [2.24, 2.45) is 10.4 Å². The minimum absolute atomic E-state index is 0.229. The van der Waals surface area contributed by atoms with Gasteiger partial charge < -0.3 is 0 Å². The molecule has 1 aliphatic heterocycles. The summed E-state index contributed by atoms with van der Waals surface area (Å²) < 4.78 is 0. The van der Waals surface area contributed by atoms with E-state index in [1.165, 1.54) is 26.6 Å². The molecular weight excluding hydrogens is 382 g/mol. The van der Waals surface area contributed by atoms with Gasteiger partial charge in [-0.25, -0.2) is 0 Å². The van der Waals surface area contributed by atoms with Gasteiger partial charge in [0, 0.05) is 15.2 Å². The van der Waals surface area contributed by atoms with Gasteiger partial charge in [0.2, 0.25) is 0 Å². The lowest BCUT2D eigenvalue weighted by molar-refractivity contribution is 0.374. The first-order chi connectivity index (χ1) is 14.7. The van der Waals surface area contributed by atoms with E-state index in [0.717, 1.165) is 5.69 Å². The van der Waals surface area contributed by atoms with E-state index in [4.69, 9.17) is 4.99 Å². The highest BCUT2D eigenvalue weighted by Crippen LogP contribution is 2.56. The zero-order chi connectivity index (χ0) is 20.6. The van der Waals surface area contributed by atoms with E-state index in [-0.39, 0.29) is 17.3 Å². The molecule has 0 saturated carbocycles. The maximum absolute atomic E-state index is 5.29. The quantitative estimate of drug-likeness (QED) is 0.428. The minimum atomic E-state index is -0.229. The highest BCUT2D eigenvalue weighted by molar-refractivity contribution is 8.04. The average molecular weight is 408 g/mol. The average Bonchev–Trinajstić information content (AvgIpc) is 2.82. The van der Waals surface area contributed by atoms with Gasteiger partial charge in [0.05, 0.1) is 11.4 Å². The summed E-state index contributed by atoms with van der Waals surface area (Å²) in [6, 6.07) is 30.2. The van der Waals surface area contributed by atoms with E-state index >= 15 is 0 Å². The first-order valence-electron chi connectivity index (χ1n) is 10.6. The van der Waals surface area contributed by atoms with Crippen LogP contribution < -0.4 is 0 Å². The van der Waals surface area contributed by atoms with E-state index in [0.29, 0.717) is 0 Å². The van der Waals surface area contributed by atoms with Crippen LogP contribution in [0, 0.1) is 5.41 Å². The van der Waals surface area contributed by atoms with Gasteiger partial charge in [-0.05, 0) is 41.2 Å². The molecule has 3 aromatic rings. The summed E-state index contributed by atoms with van der Waals surface area (Å²) in [6.07, 6.45) is 6.88. The van der Waals surface area contributed by atoms with Gasteiger partial charge in [-0.1, -0.05) is 111 Å². The number of hydrogen-bond donors (Lipinski definition) is 0. The molecule has 0 saturated heterocycles. The summed E-state index contributed by atoms with van der Waals surface area (Å²) in [4.78, 5) is 7.79. The topological polar surface area (TPSA) is 12.4 Å². The number of rotatable bonds is 4. The maximum atomic E-state index is 5.29. The molecule has 0 aromatic heterocycles. The fourth-order valence-electron chi connectivity index (χ4n) is 4.88. The monoisotopic (exact) mass is 407 g/mol. The van der Waals surface area contributed by atoms with E-state index in [1.807, 2.05) is 11.8 Å². The molecule has 2 aliphatic rings. The van der Waals surface area contributed by atoms with Crippen LogP contribution in [-0.2, 0) is 0 Å². The normalized spacial score (nSPS) is 21.7. The van der Waals surface area contributed by atoms with Crippen molar-refractivity contribution in [3.8, 4) is 0 Å². The Bertz CT molecular complexity index is 1100. The van der Waals surface area contributed by atoms with Gasteiger partial charge >= 0.3 is 0 Å². The molecule has 0 N–H and O–H groups in total. The van der Waals surface area contributed by atoms with E-state index in [1.54, 1.807) is 0 Å². The predicted octanol–water partition coefficient (Wildman–Crippen LogP) is 7.91. The predicted molar refractivity (Wildman–Crippen MR) is 129 cm³/mol. The number of fused-ring (bicyclic) bond motifs is 2. The van der Waals surface area contributed by atoms with E-state index in [2.05, 4.69) is 117 Å². The Labute approximate surface area is 183 Å². The number of benzene rings is 3. The van der Waals surface area contributed by atoms with Gasteiger partial charge in [-0.3, -0.25) is 4.99 Å². The molecule has 1 nitrogen and oxygen atoms in total. The van der Waals surface area contributed by atoms with Crippen molar-refractivity contribution >= 4 is 23.2 Å². The van der Waals surface area contributed by atoms with Crippen molar-refractivity contribution < 1.29 is 0 Å². The summed E-state index contributed by atoms with van der Waals surface area (Å²) in [5.41, 5.74) is 4.74. The molecular formula is C28H25NS. The summed E-state index contributed by atoms with van der Waals surface area (Å²) in [7, 11) is 0. The number of hydrogen-bond acceptors (Lipinski definition) is 2. The van der Waals surface area contributed by atoms with E-state index < -0.39 is 0 Å². The van der Waals surface area contributed by atoms with Gasteiger partial charge in [-0.15, -0.1) is 0 Å². The fraction of sp³-hybridized carbons (Fsp3) is 0.179. The van der Waals surface area contributed by atoms with Gasteiger partial charge in [0.15, 0.2) is 0 Å². The summed E-state index contributed by atoms with van der Waals surface area (Å²) >= 11 is 1.85. The first-order valence-corrected chi connectivity index (χ1v) is 11.4. The summed E-state index contributed by atoms with van der Waals surface area (Å²) in [6.45, 7) is 4.71. The molecule has 30 heavy (non-hydrogen) atoms. The lowest BCUT2D eigenvalue weighted by atomic mass is 9.59. The molecule has 1 heterocycles. The Morgan fingerprint density at radius 2 is 1.30 bits per heavy atom. The van der Waals surface area contributed by atoms with Crippen LogP contribution >= 0.6 is 11.8 Å². The second-order valence-corrected chi connectivity index (χ2v) is 9.20. The smallest absolute Gasteiger partial charge is 0.0773 e. The summed E-state index contributed by atoms with van der Waals surface area (Å²) in [5, 5.41) is 0. The van der Waals surface area contributed by atoms with Crippen LogP contribution in [0.2, 0.25) is 0 Å². The number of thioether (sulfide) groups is 1. The first kappa shape index (κ1) is 19.1. The molecule has 2 unspecified atom stereocenters. The lowest BCUT2D eigenvalue weighted by Gasteiger charge is -2.46. The van der Waals surface area contributed by atoms with Crippen molar-refractivity contribution in [1.82, 2.24) is 0 Å². The van der Waals surface area contributed by atoms with Gasteiger partial charge in [0.25, 0.3) is 0 Å². The molecule has 3 aromatic carbocycles. The van der Waals surface area contributed by atoms with Crippen molar-refractivity contribution in [3.05, 3.63) is 119 Å². The molecule has 0 bridgehead atoms. The molecule has 1 aliphatic carbocycles. The molecule has 5 rings (SSSR count). The Kier molecular flexibility index (Phi) is 4.96. The third-order valence-electron chi connectivity index (χ3n) is 6.61. The van der Waals surface area contributed by atoms with Crippen LogP contribution in [0.15, 0.2) is 118 Å². The van der Waals surface area contributed by atoms with Crippen LogP contribution in [0.3, 0.4) is 0 Å². The SMILES string of the molecule is CC(c1ccccc1)C1(C(C)c2ccccc2)C=CC=C2Sc3ccccc3N=C21.